The lowest BCUT2D eigenvalue weighted by Gasteiger charge is -2.08. The third-order valence-corrected chi connectivity index (χ3v) is 2.75. The van der Waals surface area contributed by atoms with E-state index in [0.29, 0.717) is 11.3 Å². The fourth-order valence-electron chi connectivity index (χ4n) is 1.66. The summed E-state index contributed by atoms with van der Waals surface area (Å²) in [6, 6.07) is 4.05. The van der Waals surface area contributed by atoms with Gasteiger partial charge in [-0.3, -0.25) is 9.48 Å². The van der Waals surface area contributed by atoms with Gasteiger partial charge in [0.1, 0.15) is 5.82 Å². The number of aryl methyl sites for hydroxylation is 2. The second-order valence-electron chi connectivity index (χ2n) is 4.49. The first-order chi connectivity index (χ1) is 9.95. The van der Waals surface area contributed by atoms with Crippen molar-refractivity contribution >= 4 is 17.6 Å². The van der Waals surface area contributed by atoms with E-state index in [9.17, 15) is 14.0 Å². The molecule has 0 saturated heterocycles. The van der Waals surface area contributed by atoms with Crippen molar-refractivity contribution in [3.63, 3.8) is 0 Å². The van der Waals surface area contributed by atoms with Gasteiger partial charge in [0.25, 0.3) is 5.91 Å². The first kappa shape index (κ1) is 14.7. The predicted octanol–water partition coefficient (Wildman–Crippen LogP) is 1.66. The molecule has 0 aliphatic heterocycles. The summed E-state index contributed by atoms with van der Waals surface area (Å²) in [5.41, 5.74) is 1.31. The number of nitrogens with one attached hydrogen (secondary N) is 1. The molecule has 0 aliphatic rings. The Labute approximate surface area is 120 Å². The fraction of sp³-hybridized carbons (Fsp3) is 0.214. The van der Waals surface area contributed by atoms with Gasteiger partial charge in [0.05, 0.1) is 11.8 Å². The Morgan fingerprint density at radius 1 is 1.43 bits per heavy atom. The number of carbonyl (C=O) groups is 2. The van der Waals surface area contributed by atoms with Crippen LogP contribution in [0.4, 0.5) is 10.1 Å². The van der Waals surface area contributed by atoms with E-state index in [4.69, 9.17) is 4.74 Å². The molecular formula is C14H14FN3O3. The summed E-state index contributed by atoms with van der Waals surface area (Å²) in [6.07, 6.45) is 2.83. The third kappa shape index (κ3) is 3.88. The Morgan fingerprint density at radius 2 is 2.19 bits per heavy atom. The van der Waals surface area contributed by atoms with Gasteiger partial charge in [0.2, 0.25) is 0 Å². The number of rotatable bonds is 4. The van der Waals surface area contributed by atoms with Gasteiger partial charge in [-0.25, -0.2) is 9.18 Å². The van der Waals surface area contributed by atoms with Gasteiger partial charge in [0, 0.05) is 18.9 Å². The molecule has 0 unspecified atom stereocenters. The van der Waals surface area contributed by atoms with Crippen LogP contribution in [0.25, 0.3) is 0 Å². The van der Waals surface area contributed by atoms with Crippen LogP contribution in [0.3, 0.4) is 0 Å². The lowest BCUT2D eigenvalue weighted by molar-refractivity contribution is -0.119. The number of anilines is 1. The van der Waals surface area contributed by atoms with E-state index in [-0.39, 0.29) is 5.56 Å². The van der Waals surface area contributed by atoms with Crippen LogP contribution >= 0.6 is 0 Å². The minimum atomic E-state index is -0.644. The number of aromatic nitrogens is 2. The highest BCUT2D eigenvalue weighted by atomic mass is 19.1. The molecule has 0 spiro atoms. The number of halogens is 1. The largest absolute Gasteiger partial charge is 0.452 e. The zero-order valence-electron chi connectivity index (χ0n) is 11.6. The number of hydrogen-bond acceptors (Lipinski definition) is 4. The van der Waals surface area contributed by atoms with E-state index < -0.39 is 24.3 Å². The van der Waals surface area contributed by atoms with Crippen LogP contribution in [0.1, 0.15) is 15.9 Å². The van der Waals surface area contributed by atoms with Crippen LogP contribution < -0.4 is 5.32 Å². The van der Waals surface area contributed by atoms with Crippen LogP contribution in [-0.2, 0) is 16.6 Å². The number of carbonyl (C=O) groups excluding carboxylic acids is 2. The maximum Gasteiger partial charge on any atom is 0.341 e. The fourth-order valence-corrected chi connectivity index (χ4v) is 1.66. The summed E-state index contributed by atoms with van der Waals surface area (Å²) < 4.78 is 19.4. The molecule has 2 aromatic rings. The number of ether oxygens (including phenoxy) is 1. The lowest BCUT2D eigenvalue weighted by Crippen LogP contribution is -2.21. The van der Waals surface area contributed by atoms with E-state index >= 15 is 0 Å². The lowest BCUT2D eigenvalue weighted by atomic mass is 10.2. The second-order valence-corrected chi connectivity index (χ2v) is 4.49. The summed E-state index contributed by atoms with van der Waals surface area (Å²) >= 11 is 0. The molecule has 1 heterocycles. The number of nitrogens with zero attached hydrogens (tertiary/aromatic N) is 2. The van der Waals surface area contributed by atoms with Gasteiger partial charge >= 0.3 is 5.97 Å². The highest BCUT2D eigenvalue weighted by molar-refractivity contribution is 5.95. The molecule has 0 bridgehead atoms. The molecule has 0 radical (unpaired) electrons. The van der Waals surface area contributed by atoms with Crippen molar-refractivity contribution in [3.05, 3.63) is 47.5 Å². The Hall–Kier alpha value is -2.70. The minimum absolute atomic E-state index is 0.257. The van der Waals surface area contributed by atoms with Crippen molar-refractivity contribution < 1.29 is 18.7 Å². The maximum absolute atomic E-state index is 13.1. The Bertz CT molecular complexity index is 682. The molecule has 7 heteroatoms. The SMILES string of the molecule is Cc1ccc(F)cc1NC(=O)COC(=O)c1cnn(C)c1. The summed E-state index contributed by atoms with van der Waals surface area (Å²) in [6.45, 7) is 1.28. The monoisotopic (exact) mass is 291 g/mol. The smallest absolute Gasteiger partial charge is 0.341 e. The van der Waals surface area contributed by atoms with Gasteiger partial charge in [-0.15, -0.1) is 0 Å². The zero-order chi connectivity index (χ0) is 15.4. The predicted molar refractivity (Wildman–Crippen MR) is 73.3 cm³/mol. The highest BCUT2D eigenvalue weighted by Crippen LogP contribution is 2.15. The molecule has 0 fully saturated rings. The maximum atomic E-state index is 13.1. The average molecular weight is 291 g/mol. The van der Waals surface area contributed by atoms with Gasteiger partial charge in [-0.05, 0) is 24.6 Å². The van der Waals surface area contributed by atoms with Gasteiger partial charge in [-0.2, -0.15) is 5.10 Å². The topological polar surface area (TPSA) is 73.2 Å². The van der Waals surface area contributed by atoms with Crippen LogP contribution in [0.2, 0.25) is 0 Å². The number of hydrogen-bond donors (Lipinski definition) is 1. The standard InChI is InChI=1S/C14H14FN3O3/c1-9-3-4-11(15)5-12(9)17-13(19)8-21-14(20)10-6-16-18(2)7-10/h3-7H,8H2,1-2H3,(H,17,19). The highest BCUT2D eigenvalue weighted by Gasteiger charge is 2.12. The van der Waals surface area contributed by atoms with E-state index in [1.807, 2.05) is 0 Å². The van der Waals surface area contributed by atoms with Crippen LogP contribution in [-0.4, -0.2) is 28.3 Å². The minimum Gasteiger partial charge on any atom is -0.452 e. The van der Waals surface area contributed by atoms with Crippen molar-refractivity contribution in [1.82, 2.24) is 9.78 Å². The van der Waals surface area contributed by atoms with Crippen molar-refractivity contribution in [3.8, 4) is 0 Å². The summed E-state index contributed by atoms with van der Waals surface area (Å²) in [7, 11) is 1.66. The number of benzene rings is 1. The van der Waals surface area contributed by atoms with Crippen molar-refractivity contribution in [2.75, 3.05) is 11.9 Å². The number of amides is 1. The molecule has 0 aliphatic carbocycles. The molecule has 110 valence electrons. The van der Waals surface area contributed by atoms with Crippen LogP contribution in [0, 0.1) is 12.7 Å². The van der Waals surface area contributed by atoms with Crippen molar-refractivity contribution in [1.29, 1.82) is 0 Å². The summed E-state index contributed by atoms with van der Waals surface area (Å²) in [4.78, 5) is 23.3. The van der Waals surface area contributed by atoms with E-state index in [2.05, 4.69) is 10.4 Å². The molecule has 0 saturated carbocycles. The molecule has 1 N–H and O–H groups in total. The molecule has 1 aromatic heterocycles. The molecule has 1 aromatic carbocycles. The first-order valence-corrected chi connectivity index (χ1v) is 6.17. The van der Waals surface area contributed by atoms with E-state index in [1.165, 1.54) is 29.2 Å². The molecular weight excluding hydrogens is 277 g/mol. The van der Waals surface area contributed by atoms with Crippen LogP contribution in [0.15, 0.2) is 30.6 Å². The quantitative estimate of drug-likeness (QED) is 0.870. The van der Waals surface area contributed by atoms with E-state index in [0.717, 1.165) is 0 Å². The molecule has 6 nitrogen and oxygen atoms in total. The Balaban J connectivity index is 1.90. The van der Waals surface area contributed by atoms with Crippen LogP contribution in [0.5, 0.6) is 0 Å². The zero-order valence-corrected chi connectivity index (χ0v) is 11.6. The molecule has 0 atom stereocenters. The molecule has 2 rings (SSSR count). The number of esters is 1. The summed E-state index contributed by atoms with van der Waals surface area (Å²) in [5.74, 6) is -1.64. The van der Waals surface area contributed by atoms with Gasteiger partial charge in [0.15, 0.2) is 6.61 Å². The van der Waals surface area contributed by atoms with Gasteiger partial charge in [-0.1, -0.05) is 6.07 Å². The van der Waals surface area contributed by atoms with Crippen molar-refractivity contribution in [2.24, 2.45) is 7.05 Å². The second kappa shape index (κ2) is 6.17. The normalized spacial score (nSPS) is 10.2. The summed E-state index contributed by atoms with van der Waals surface area (Å²) in [5, 5.41) is 6.31. The van der Waals surface area contributed by atoms with Gasteiger partial charge < -0.3 is 10.1 Å². The molecule has 1 amide bonds. The average Bonchev–Trinajstić information content (AvgIpc) is 2.87. The first-order valence-electron chi connectivity index (χ1n) is 6.17. The van der Waals surface area contributed by atoms with Crippen molar-refractivity contribution in [2.45, 2.75) is 6.92 Å². The Kier molecular flexibility index (Phi) is 4.32. The van der Waals surface area contributed by atoms with E-state index in [1.54, 1.807) is 20.0 Å². The third-order valence-electron chi connectivity index (χ3n) is 2.75. The molecule has 21 heavy (non-hydrogen) atoms. The Morgan fingerprint density at radius 3 is 2.86 bits per heavy atom.